The van der Waals surface area contributed by atoms with Gasteiger partial charge < -0.3 is 15.4 Å². The molecule has 4 nitrogen and oxygen atoms in total. The van der Waals surface area contributed by atoms with Gasteiger partial charge in [-0.1, -0.05) is 25.1 Å². The Labute approximate surface area is 126 Å². The number of rotatable bonds is 6. The second kappa shape index (κ2) is 8.61. The first-order chi connectivity index (χ1) is 9.31. The van der Waals surface area contributed by atoms with Gasteiger partial charge in [0.25, 0.3) is 5.91 Å². The average molecular weight is 297 g/mol. The summed E-state index contributed by atoms with van der Waals surface area (Å²) in [5.41, 5.74) is 1.64. The zero-order chi connectivity index (χ0) is 13.5. The summed E-state index contributed by atoms with van der Waals surface area (Å²) in [6, 6.07) is 7.73. The molecule has 2 N–H and O–H groups in total. The Kier molecular flexibility index (Phi) is 7.12. The summed E-state index contributed by atoms with van der Waals surface area (Å²) in [4.78, 5) is 12.0. The van der Waals surface area contributed by atoms with Crippen molar-refractivity contribution >= 4 is 24.4 Å². The minimum atomic E-state index is -0.0483. The number of carbonyl (C=O) groups is 1. The molecular formula is C15H21ClN2O2. The van der Waals surface area contributed by atoms with Gasteiger partial charge in [-0.25, -0.2) is 0 Å². The van der Waals surface area contributed by atoms with Gasteiger partial charge >= 0.3 is 0 Å². The number of hydrogen-bond acceptors (Lipinski definition) is 3. The summed E-state index contributed by atoms with van der Waals surface area (Å²) in [6.07, 6.45) is 3.00. The van der Waals surface area contributed by atoms with Gasteiger partial charge in [0.1, 0.15) is 12.4 Å². The van der Waals surface area contributed by atoms with E-state index >= 15 is 0 Å². The van der Waals surface area contributed by atoms with Crippen molar-refractivity contribution in [2.45, 2.75) is 13.3 Å². The number of fused-ring (bicyclic) bond motifs is 1. The summed E-state index contributed by atoms with van der Waals surface area (Å²) < 4.78 is 5.56. The van der Waals surface area contributed by atoms with E-state index in [1.54, 1.807) is 0 Å². The lowest BCUT2D eigenvalue weighted by molar-refractivity contribution is -0.117. The molecule has 0 radical (unpaired) electrons. The highest BCUT2D eigenvalue weighted by Gasteiger charge is 2.16. The van der Waals surface area contributed by atoms with E-state index in [1.165, 1.54) is 0 Å². The molecule has 0 aromatic heterocycles. The van der Waals surface area contributed by atoms with Crippen molar-refractivity contribution in [3.05, 3.63) is 35.4 Å². The van der Waals surface area contributed by atoms with Crippen molar-refractivity contribution in [3.8, 4) is 5.75 Å². The van der Waals surface area contributed by atoms with E-state index in [-0.39, 0.29) is 18.3 Å². The SMILES string of the molecule is CCCNCCNC(=O)C1=Cc2ccccc2OC1.Cl. The molecule has 1 aliphatic rings. The minimum Gasteiger partial charge on any atom is -0.488 e. The Morgan fingerprint density at radius 2 is 2.05 bits per heavy atom. The summed E-state index contributed by atoms with van der Waals surface area (Å²) >= 11 is 0. The van der Waals surface area contributed by atoms with Crippen molar-refractivity contribution in [1.82, 2.24) is 10.6 Å². The lowest BCUT2D eigenvalue weighted by Crippen LogP contribution is -2.34. The zero-order valence-corrected chi connectivity index (χ0v) is 12.5. The van der Waals surface area contributed by atoms with Crippen molar-refractivity contribution in [3.63, 3.8) is 0 Å². The van der Waals surface area contributed by atoms with E-state index < -0.39 is 0 Å². The number of carbonyl (C=O) groups excluding carboxylic acids is 1. The second-order valence-corrected chi connectivity index (χ2v) is 4.50. The van der Waals surface area contributed by atoms with Crippen LogP contribution in [0.2, 0.25) is 0 Å². The molecular weight excluding hydrogens is 276 g/mol. The van der Waals surface area contributed by atoms with Crippen LogP contribution in [-0.4, -0.2) is 32.1 Å². The van der Waals surface area contributed by atoms with Crippen molar-refractivity contribution in [1.29, 1.82) is 0 Å². The number of ether oxygens (including phenoxy) is 1. The number of para-hydroxylation sites is 1. The normalized spacial score (nSPS) is 12.6. The highest BCUT2D eigenvalue weighted by Crippen LogP contribution is 2.25. The first-order valence-electron chi connectivity index (χ1n) is 6.72. The molecule has 0 bridgehead atoms. The van der Waals surface area contributed by atoms with Crippen LogP contribution in [0.3, 0.4) is 0 Å². The molecule has 110 valence electrons. The first kappa shape index (κ1) is 16.5. The fourth-order valence-corrected chi connectivity index (χ4v) is 1.93. The van der Waals surface area contributed by atoms with E-state index in [1.807, 2.05) is 30.3 Å². The maximum absolute atomic E-state index is 12.0. The molecule has 5 heteroatoms. The van der Waals surface area contributed by atoms with Crippen LogP contribution < -0.4 is 15.4 Å². The summed E-state index contributed by atoms with van der Waals surface area (Å²) in [6.45, 7) is 4.87. The van der Waals surface area contributed by atoms with Gasteiger partial charge in [0.05, 0.1) is 5.57 Å². The fourth-order valence-electron chi connectivity index (χ4n) is 1.93. The van der Waals surface area contributed by atoms with Gasteiger partial charge in [-0.05, 0) is 25.1 Å². The third-order valence-corrected chi connectivity index (χ3v) is 2.94. The summed E-state index contributed by atoms with van der Waals surface area (Å²) in [7, 11) is 0. The van der Waals surface area contributed by atoms with Crippen LogP contribution in [0.1, 0.15) is 18.9 Å². The molecule has 0 atom stereocenters. The van der Waals surface area contributed by atoms with Gasteiger partial charge in [0.15, 0.2) is 0 Å². The van der Waals surface area contributed by atoms with Gasteiger partial charge in [-0.3, -0.25) is 4.79 Å². The van der Waals surface area contributed by atoms with Crippen LogP contribution in [0.4, 0.5) is 0 Å². The van der Waals surface area contributed by atoms with Crippen LogP contribution in [0.25, 0.3) is 6.08 Å². The van der Waals surface area contributed by atoms with Gasteiger partial charge in [-0.2, -0.15) is 0 Å². The molecule has 1 aromatic rings. The maximum Gasteiger partial charge on any atom is 0.250 e. The van der Waals surface area contributed by atoms with E-state index in [4.69, 9.17) is 4.74 Å². The quantitative estimate of drug-likeness (QED) is 0.790. The Morgan fingerprint density at radius 1 is 1.25 bits per heavy atom. The Bertz CT molecular complexity index is 475. The van der Waals surface area contributed by atoms with E-state index in [9.17, 15) is 4.79 Å². The van der Waals surface area contributed by atoms with Crippen LogP contribution in [0, 0.1) is 0 Å². The molecule has 1 heterocycles. The molecule has 0 saturated carbocycles. The van der Waals surface area contributed by atoms with Crippen LogP contribution >= 0.6 is 12.4 Å². The van der Waals surface area contributed by atoms with Crippen LogP contribution in [-0.2, 0) is 4.79 Å². The summed E-state index contributed by atoms with van der Waals surface area (Å²) in [5, 5.41) is 6.14. The number of hydrogen-bond donors (Lipinski definition) is 2. The third kappa shape index (κ3) is 4.54. The Balaban J connectivity index is 0.00000200. The van der Waals surface area contributed by atoms with E-state index in [2.05, 4.69) is 17.6 Å². The van der Waals surface area contributed by atoms with Gasteiger partial charge in [-0.15, -0.1) is 12.4 Å². The van der Waals surface area contributed by atoms with Crippen LogP contribution in [0.5, 0.6) is 5.75 Å². The molecule has 0 saturated heterocycles. The highest BCUT2D eigenvalue weighted by molar-refractivity contribution is 5.99. The Morgan fingerprint density at radius 3 is 2.85 bits per heavy atom. The molecule has 0 unspecified atom stereocenters. The monoisotopic (exact) mass is 296 g/mol. The first-order valence-corrected chi connectivity index (χ1v) is 6.72. The van der Waals surface area contributed by atoms with Gasteiger partial charge in [0, 0.05) is 18.7 Å². The maximum atomic E-state index is 12.0. The predicted octanol–water partition coefficient (Wildman–Crippen LogP) is 2.00. The van der Waals surface area contributed by atoms with E-state index in [0.29, 0.717) is 18.7 Å². The smallest absolute Gasteiger partial charge is 0.250 e. The molecule has 1 amide bonds. The van der Waals surface area contributed by atoms with Crippen molar-refractivity contribution < 1.29 is 9.53 Å². The lowest BCUT2D eigenvalue weighted by atomic mass is 10.1. The number of benzene rings is 1. The largest absolute Gasteiger partial charge is 0.488 e. The fraction of sp³-hybridized carbons (Fsp3) is 0.400. The molecule has 0 fully saturated rings. The number of amides is 1. The topological polar surface area (TPSA) is 50.4 Å². The molecule has 1 aromatic carbocycles. The average Bonchev–Trinajstić information content (AvgIpc) is 2.46. The van der Waals surface area contributed by atoms with Crippen LogP contribution in [0.15, 0.2) is 29.8 Å². The highest BCUT2D eigenvalue weighted by atomic mass is 35.5. The third-order valence-electron chi connectivity index (χ3n) is 2.94. The molecule has 0 aliphatic carbocycles. The molecule has 0 spiro atoms. The van der Waals surface area contributed by atoms with Crippen molar-refractivity contribution in [2.24, 2.45) is 0 Å². The molecule has 20 heavy (non-hydrogen) atoms. The number of halogens is 1. The number of nitrogens with one attached hydrogen (secondary N) is 2. The predicted molar refractivity (Wildman–Crippen MR) is 83.3 cm³/mol. The van der Waals surface area contributed by atoms with Gasteiger partial charge in [0.2, 0.25) is 0 Å². The standard InChI is InChI=1S/C15H20N2O2.ClH/c1-2-7-16-8-9-17-15(18)13-10-12-5-3-4-6-14(12)19-11-13;/h3-6,10,16H,2,7-9,11H2,1H3,(H,17,18);1H. The molecule has 1 aliphatic heterocycles. The Hall–Kier alpha value is -1.52. The van der Waals surface area contributed by atoms with Crippen molar-refractivity contribution in [2.75, 3.05) is 26.2 Å². The lowest BCUT2D eigenvalue weighted by Gasteiger charge is -2.17. The second-order valence-electron chi connectivity index (χ2n) is 4.50. The van der Waals surface area contributed by atoms with E-state index in [0.717, 1.165) is 30.8 Å². The summed E-state index contributed by atoms with van der Waals surface area (Å²) in [5.74, 6) is 0.788. The minimum absolute atomic E-state index is 0. The molecule has 2 rings (SSSR count). The zero-order valence-electron chi connectivity index (χ0n) is 11.6.